The summed E-state index contributed by atoms with van der Waals surface area (Å²) in [5, 5.41) is 9.96. The van der Waals surface area contributed by atoms with Gasteiger partial charge in [0.1, 0.15) is 5.75 Å². The SMILES string of the molecule is Cc1cc(-c2ccccc2-c2ccccc2)cc(C)c1O. The van der Waals surface area contributed by atoms with Crippen LogP contribution in [0.1, 0.15) is 11.1 Å². The van der Waals surface area contributed by atoms with Crippen molar-refractivity contribution in [2.45, 2.75) is 13.8 Å². The van der Waals surface area contributed by atoms with Gasteiger partial charge in [-0.3, -0.25) is 0 Å². The molecule has 0 aliphatic carbocycles. The molecule has 21 heavy (non-hydrogen) atoms. The summed E-state index contributed by atoms with van der Waals surface area (Å²) in [6.45, 7) is 3.88. The molecule has 0 unspecified atom stereocenters. The number of hydrogen-bond donors (Lipinski definition) is 1. The molecule has 3 aromatic carbocycles. The summed E-state index contributed by atoms with van der Waals surface area (Å²) in [4.78, 5) is 0. The third kappa shape index (κ3) is 2.55. The summed E-state index contributed by atoms with van der Waals surface area (Å²) in [5.74, 6) is 0.385. The number of aryl methyl sites for hydroxylation is 2. The molecule has 0 heterocycles. The molecule has 0 atom stereocenters. The van der Waals surface area contributed by atoms with E-state index in [-0.39, 0.29) is 0 Å². The highest BCUT2D eigenvalue weighted by Gasteiger charge is 2.09. The van der Waals surface area contributed by atoms with E-state index >= 15 is 0 Å². The van der Waals surface area contributed by atoms with Crippen molar-refractivity contribution >= 4 is 0 Å². The van der Waals surface area contributed by atoms with Crippen LogP contribution in [0.3, 0.4) is 0 Å². The highest BCUT2D eigenvalue weighted by molar-refractivity contribution is 5.84. The van der Waals surface area contributed by atoms with Crippen LogP contribution in [0.25, 0.3) is 22.3 Å². The third-order valence-corrected chi connectivity index (χ3v) is 3.81. The topological polar surface area (TPSA) is 20.2 Å². The Morgan fingerprint density at radius 3 is 1.67 bits per heavy atom. The summed E-state index contributed by atoms with van der Waals surface area (Å²) >= 11 is 0. The molecule has 0 amide bonds. The fourth-order valence-corrected chi connectivity index (χ4v) is 2.72. The minimum absolute atomic E-state index is 0.385. The standard InChI is InChI=1S/C20H18O/c1-14-12-17(13-15(2)20(14)21)19-11-7-6-10-18(19)16-8-4-3-5-9-16/h3-13,21H,1-2H3. The Kier molecular flexibility index (Phi) is 3.49. The van der Waals surface area contributed by atoms with Gasteiger partial charge < -0.3 is 5.11 Å². The molecule has 0 radical (unpaired) electrons. The quantitative estimate of drug-likeness (QED) is 0.668. The monoisotopic (exact) mass is 274 g/mol. The summed E-state index contributed by atoms with van der Waals surface area (Å²) in [7, 11) is 0. The number of phenols is 1. The minimum atomic E-state index is 0.385. The van der Waals surface area contributed by atoms with Gasteiger partial charge in [-0.1, -0.05) is 54.6 Å². The van der Waals surface area contributed by atoms with Crippen molar-refractivity contribution in [1.82, 2.24) is 0 Å². The van der Waals surface area contributed by atoms with Crippen LogP contribution >= 0.6 is 0 Å². The Balaban J connectivity index is 2.21. The zero-order valence-electron chi connectivity index (χ0n) is 12.3. The van der Waals surface area contributed by atoms with Gasteiger partial charge in [0.25, 0.3) is 0 Å². The lowest BCUT2D eigenvalue weighted by atomic mass is 9.92. The van der Waals surface area contributed by atoms with E-state index in [2.05, 4.69) is 48.5 Å². The first-order valence-electron chi connectivity index (χ1n) is 7.12. The van der Waals surface area contributed by atoms with Crippen LogP contribution in [0.4, 0.5) is 0 Å². The van der Waals surface area contributed by atoms with Crippen LogP contribution in [-0.4, -0.2) is 5.11 Å². The molecule has 0 spiro atoms. The number of aromatic hydroxyl groups is 1. The molecule has 0 aromatic heterocycles. The summed E-state index contributed by atoms with van der Waals surface area (Å²) in [5.41, 5.74) is 6.57. The van der Waals surface area contributed by atoms with Crippen LogP contribution in [0.2, 0.25) is 0 Å². The van der Waals surface area contributed by atoms with E-state index in [0.29, 0.717) is 5.75 Å². The molecule has 0 saturated carbocycles. The van der Waals surface area contributed by atoms with Gasteiger partial charge in [-0.05, 0) is 59.4 Å². The third-order valence-electron chi connectivity index (χ3n) is 3.81. The maximum Gasteiger partial charge on any atom is 0.121 e. The largest absolute Gasteiger partial charge is 0.507 e. The van der Waals surface area contributed by atoms with Crippen molar-refractivity contribution in [2.75, 3.05) is 0 Å². The van der Waals surface area contributed by atoms with E-state index in [1.54, 1.807) is 0 Å². The maximum absolute atomic E-state index is 9.96. The molecular formula is C20H18O. The molecule has 0 fully saturated rings. The average molecular weight is 274 g/mol. The van der Waals surface area contributed by atoms with Gasteiger partial charge in [-0.25, -0.2) is 0 Å². The molecule has 3 aromatic rings. The second-order valence-electron chi connectivity index (χ2n) is 5.37. The van der Waals surface area contributed by atoms with Crippen molar-refractivity contribution in [2.24, 2.45) is 0 Å². The van der Waals surface area contributed by atoms with Crippen molar-refractivity contribution in [3.63, 3.8) is 0 Å². The van der Waals surface area contributed by atoms with E-state index in [1.165, 1.54) is 16.7 Å². The van der Waals surface area contributed by atoms with Crippen LogP contribution in [-0.2, 0) is 0 Å². The first kappa shape index (κ1) is 13.4. The Morgan fingerprint density at radius 1 is 0.619 bits per heavy atom. The predicted molar refractivity (Wildman–Crippen MR) is 88.5 cm³/mol. The van der Waals surface area contributed by atoms with E-state index in [1.807, 2.05) is 32.0 Å². The molecule has 0 aliphatic heterocycles. The summed E-state index contributed by atoms with van der Waals surface area (Å²) in [6, 6.07) is 22.9. The van der Waals surface area contributed by atoms with Crippen LogP contribution in [0, 0.1) is 13.8 Å². The molecule has 1 heteroatoms. The second-order valence-corrected chi connectivity index (χ2v) is 5.37. The van der Waals surface area contributed by atoms with Gasteiger partial charge >= 0.3 is 0 Å². The van der Waals surface area contributed by atoms with Crippen LogP contribution in [0.15, 0.2) is 66.7 Å². The van der Waals surface area contributed by atoms with E-state index in [0.717, 1.165) is 16.7 Å². The number of hydrogen-bond acceptors (Lipinski definition) is 1. The fraction of sp³-hybridized carbons (Fsp3) is 0.100. The first-order valence-corrected chi connectivity index (χ1v) is 7.12. The van der Waals surface area contributed by atoms with Crippen LogP contribution < -0.4 is 0 Å². The molecular weight excluding hydrogens is 256 g/mol. The molecule has 1 nitrogen and oxygen atoms in total. The van der Waals surface area contributed by atoms with Crippen molar-refractivity contribution in [1.29, 1.82) is 0 Å². The molecule has 1 N–H and O–H groups in total. The van der Waals surface area contributed by atoms with Crippen molar-refractivity contribution in [3.05, 3.63) is 77.9 Å². The molecule has 0 saturated heterocycles. The Bertz CT molecular complexity index is 750. The van der Waals surface area contributed by atoms with Gasteiger partial charge in [0.05, 0.1) is 0 Å². The van der Waals surface area contributed by atoms with Gasteiger partial charge in [-0.2, -0.15) is 0 Å². The Hall–Kier alpha value is -2.54. The summed E-state index contributed by atoms with van der Waals surface area (Å²) < 4.78 is 0. The summed E-state index contributed by atoms with van der Waals surface area (Å²) in [6.07, 6.45) is 0. The lowest BCUT2D eigenvalue weighted by molar-refractivity contribution is 0.467. The van der Waals surface area contributed by atoms with Crippen molar-refractivity contribution in [3.8, 4) is 28.0 Å². The lowest BCUT2D eigenvalue weighted by Crippen LogP contribution is -1.88. The van der Waals surface area contributed by atoms with Gasteiger partial charge in [0.2, 0.25) is 0 Å². The Morgan fingerprint density at radius 2 is 1.10 bits per heavy atom. The normalized spacial score (nSPS) is 10.6. The molecule has 0 aliphatic rings. The van der Waals surface area contributed by atoms with Gasteiger partial charge in [0, 0.05) is 0 Å². The maximum atomic E-state index is 9.96. The molecule has 0 bridgehead atoms. The second kappa shape index (κ2) is 5.45. The smallest absolute Gasteiger partial charge is 0.121 e. The zero-order valence-corrected chi connectivity index (χ0v) is 12.3. The van der Waals surface area contributed by atoms with E-state index in [9.17, 15) is 5.11 Å². The first-order chi connectivity index (χ1) is 10.2. The highest BCUT2D eigenvalue weighted by Crippen LogP contribution is 2.35. The number of benzene rings is 3. The predicted octanol–water partition coefficient (Wildman–Crippen LogP) is 5.34. The fourth-order valence-electron chi connectivity index (χ4n) is 2.72. The van der Waals surface area contributed by atoms with E-state index in [4.69, 9.17) is 0 Å². The average Bonchev–Trinajstić information content (AvgIpc) is 2.53. The molecule has 3 rings (SSSR count). The number of rotatable bonds is 2. The van der Waals surface area contributed by atoms with Gasteiger partial charge in [-0.15, -0.1) is 0 Å². The zero-order chi connectivity index (χ0) is 14.8. The number of phenolic OH excluding ortho intramolecular Hbond substituents is 1. The lowest BCUT2D eigenvalue weighted by Gasteiger charge is -2.13. The van der Waals surface area contributed by atoms with Crippen molar-refractivity contribution < 1.29 is 5.11 Å². The minimum Gasteiger partial charge on any atom is -0.507 e. The Labute approximate surface area is 125 Å². The van der Waals surface area contributed by atoms with E-state index < -0.39 is 0 Å². The van der Waals surface area contributed by atoms with Gasteiger partial charge in [0.15, 0.2) is 0 Å². The highest BCUT2D eigenvalue weighted by atomic mass is 16.3. The van der Waals surface area contributed by atoms with Crippen LogP contribution in [0.5, 0.6) is 5.75 Å². The molecule has 104 valence electrons.